The molecule has 0 aliphatic carbocycles. The van der Waals surface area contributed by atoms with Gasteiger partial charge in [-0.3, -0.25) is 9.78 Å². The van der Waals surface area contributed by atoms with E-state index in [0.717, 1.165) is 11.3 Å². The summed E-state index contributed by atoms with van der Waals surface area (Å²) in [5, 5.41) is 3.96. The molecule has 0 radical (unpaired) electrons. The maximum Gasteiger partial charge on any atom is 0.252 e. The summed E-state index contributed by atoms with van der Waals surface area (Å²) in [5.74, 6) is 1.10. The first-order chi connectivity index (χ1) is 10.2. The van der Waals surface area contributed by atoms with Gasteiger partial charge in [0.1, 0.15) is 5.75 Å². The Hall–Kier alpha value is -2.89. The van der Waals surface area contributed by atoms with Gasteiger partial charge in [-0.15, -0.1) is 0 Å². The number of nitrogens with zero attached hydrogens (tertiary/aromatic N) is 2. The third kappa shape index (κ3) is 4.31. The highest BCUT2D eigenvalue weighted by Crippen LogP contribution is 2.18. The molecule has 0 saturated carbocycles. The molecular weight excluding hydrogens is 268 g/mol. The molecule has 0 atom stereocenters. The predicted molar refractivity (Wildman–Crippen MR) is 83.7 cm³/mol. The molecule has 21 heavy (non-hydrogen) atoms. The van der Waals surface area contributed by atoms with Crippen LogP contribution in [0.25, 0.3) is 6.08 Å². The topological polar surface area (TPSA) is 79.4 Å². The summed E-state index contributed by atoms with van der Waals surface area (Å²) in [6.45, 7) is 1.74. The number of hydrazone groups is 1. The highest BCUT2D eigenvalue weighted by atomic mass is 16.5. The fourth-order valence-electron chi connectivity index (χ4n) is 1.72. The van der Waals surface area contributed by atoms with E-state index in [9.17, 15) is 4.79 Å². The van der Waals surface area contributed by atoms with E-state index in [1.54, 1.807) is 26.3 Å². The Morgan fingerprint density at radius 1 is 1.38 bits per heavy atom. The lowest BCUT2D eigenvalue weighted by Crippen LogP contribution is -2.10. The Labute approximate surface area is 122 Å². The van der Waals surface area contributed by atoms with Crippen molar-refractivity contribution in [3.63, 3.8) is 0 Å². The summed E-state index contributed by atoms with van der Waals surface area (Å²) >= 11 is 0. The van der Waals surface area contributed by atoms with Crippen molar-refractivity contribution in [2.45, 2.75) is 6.92 Å². The molecule has 0 saturated heterocycles. The number of ether oxygens (including phenoxy) is 1. The minimum atomic E-state index is -0.218. The first-order valence-corrected chi connectivity index (χ1v) is 6.36. The summed E-state index contributed by atoms with van der Waals surface area (Å²) in [6, 6.07) is 9.08. The number of hydrogen-bond donors (Lipinski definition) is 2. The number of allylic oxidation sites excluding steroid dienone is 1. The molecule has 1 aromatic carbocycles. The number of H-pyrrole nitrogens is 1. The van der Waals surface area contributed by atoms with Crippen LogP contribution in [-0.2, 0) is 0 Å². The van der Waals surface area contributed by atoms with Crippen LogP contribution in [0, 0.1) is 6.92 Å². The Morgan fingerprint density at radius 2 is 2.19 bits per heavy atom. The Morgan fingerprint density at radius 3 is 2.95 bits per heavy atom. The lowest BCUT2D eigenvalue weighted by molar-refractivity contribution is 0.414. The van der Waals surface area contributed by atoms with Crippen LogP contribution in [0.5, 0.6) is 5.75 Å². The second-order valence-electron chi connectivity index (χ2n) is 4.23. The van der Waals surface area contributed by atoms with Crippen molar-refractivity contribution < 1.29 is 4.74 Å². The van der Waals surface area contributed by atoms with E-state index in [0.29, 0.717) is 11.6 Å². The Bertz CT molecular complexity index is 720. The largest absolute Gasteiger partial charge is 0.496 e. The second-order valence-corrected chi connectivity index (χ2v) is 4.23. The quantitative estimate of drug-likeness (QED) is 0.651. The molecule has 2 rings (SSSR count). The summed E-state index contributed by atoms with van der Waals surface area (Å²) in [6.07, 6.45) is 5.20. The monoisotopic (exact) mass is 284 g/mol. The van der Waals surface area contributed by atoms with Gasteiger partial charge in [0.2, 0.25) is 5.95 Å². The zero-order valence-electron chi connectivity index (χ0n) is 11.8. The van der Waals surface area contributed by atoms with Gasteiger partial charge in [-0.1, -0.05) is 18.2 Å². The maximum atomic E-state index is 11.2. The van der Waals surface area contributed by atoms with Crippen molar-refractivity contribution in [1.82, 2.24) is 9.97 Å². The first-order valence-electron chi connectivity index (χ1n) is 6.36. The number of aryl methyl sites for hydroxylation is 1. The van der Waals surface area contributed by atoms with Crippen LogP contribution in [0.2, 0.25) is 0 Å². The molecule has 0 unspecified atom stereocenters. The number of hydrogen-bond acceptors (Lipinski definition) is 5. The van der Waals surface area contributed by atoms with Gasteiger partial charge in [0.05, 0.1) is 7.11 Å². The van der Waals surface area contributed by atoms with E-state index in [4.69, 9.17) is 4.74 Å². The van der Waals surface area contributed by atoms with E-state index in [1.807, 2.05) is 30.3 Å². The number of nitrogens with one attached hydrogen (secondary N) is 2. The number of para-hydroxylation sites is 1. The molecule has 0 spiro atoms. The van der Waals surface area contributed by atoms with E-state index < -0.39 is 0 Å². The van der Waals surface area contributed by atoms with Gasteiger partial charge in [-0.05, 0) is 25.1 Å². The highest BCUT2D eigenvalue weighted by molar-refractivity contribution is 5.79. The maximum absolute atomic E-state index is 11.2. The molecule has 0 amide bonds. The zero-order valence-corrected chi connectivity index (χ0v) is 11.8. The average Bonchev–Trinajstić information content (AvgIpc) is 2.46. The zero-order chi connectivity index (χ0) is 15.1. The van der Waals surface area contributed by atoms with Crippen LogP contribution in [0.3, 0.4) is 0 Å². The average molecular weight is 284 g/mol. The SMILES string of the molecule is COc1ccccc1/C=C\C=NNc1nc(C)cc(=O)[nH]1. The molecule has 0 fully saturated rings. The molecule has 0 aliphatic heterocycles. The number of aromatic amines is 1. The van der Waals surface area contributed by atoms with Gasteiger partial charge in [0, 0.05) is 23.5 Å². The van der Waals surface area contributed by atoms with Crippen LogP contribution in [0.15, 0.2) is 46.3 Å². The molecule has 2 N–H and O–H groups in total. The van der Waals surface area contributed by atoms with Crippen LogP contribution < -0.4 is 15.7 Å². The molecule has 0 bridgehead atoms. The lowest BCUT2D eigenvalue weighted by atomic mass is 10.2. The van der Waals surface area contributed by atoms with E-state index in [1.165, 1.54) is 6.07 Å². The summed E-state index contributed by atoms with van der Waals surface area (Å²) in [7, 11) is 1.63. The third-order valence-electron chi connectivity index (χ3n) is 2.62. The van der Waals surface area contributed by atoms with Crippen molar-refractivity contribution in [2.75, 3.05) is 12.5 Å². The first kappa shape index (κ1) is 14.5. The van der Waals surface area contributed by atoms with E-state index in [-0.39, 0.29) is 5.56 Å². The van der Waals surface area contributed by atoms with Crippen molar-refractivity contribution in [1.29, 1.82) is 0 Å². The van der Waals surface area contributed by atoms with Crippen LogP contribution in [0.4, 0.5) is 5.95 Å². The van der Waals surface area contributed by atoms with Crippen LogP contribution >= 0.6 is 0 Å². The molecule has 0 aliphatic rings. The summed E-state index contributed by atoms with van der Waals surface area (Å²) in [4.78, 5) is 17.9. The summed E-state index contributed by atoms with van der Waals surface area (Å²) < 4.78 is 5.24. The molecule has 6 heteroatoms. The van der Waals surface area contributed by atoms with Gasteiger partial charge in [0.15, 0.2) is 0 Å². The number of benzene rings is 1. The molecular formula is C15H16N4O2. The number of methoxy groups -OCH3 is 1. The highest BCUT2D eigenvalue weighted by Gasteiger charge is 1.96. The van der Waals surface area contributed by atoms with Gasteiger partial charge in [-0.2, -0.15) is 5.10 Å². The van der Waals surface area contributed by atoms with Crippen molar-refractivity contribution in [3.8, 4) is 5.75 Å². The Kier molecular flexibility index (Phi) is 4.87. The van der Waals surface area contributed by atoms with Crippen LogP contribution in [0.1, 0.15) is 11.3 Å². The third-order valence-corrected chi connectivity index (χ3v) is 2.62. The molecule has 2 aromatic rings. The standard InChI is InChI=1S/C15H16N4O2/c1-11-10-14(20)18-15(17-11)19-16-9-5-7-12-6-3-4-8-13(12)21-2/h3-10H,1-2H3,(H2,17,18,19,20)/b7-5-,16-9?. The molecule has 108 valence electrons. The van der Waals surface area contributed by atoms with E-state index in [2.05, 4.69) is 20.5 Å². The minimum Gasteiger partial charge on any atom is -0.496 e. The number of anilines is 1. The van der Waals surface area contributed by atoms with Crippen molar-refractivity contribution in [2.24, 2.45) is 5.10 Å². The van der Waals surface area contributed by atoms with Crippen LogP contribution in [-0.4, -0.2) is 23.3 Å². The number of aromatic nitrogens is 2. The van der Waals surface area contributed by atoms with Gasteiger partial charge < -0.3 is 4.74 Å². The van der Waals surface area contributed by atoms with Crippen molar-refractivity contribution in [3.05, 3.63) is 58.0 Å². The summed E-state index contributed by atoms with van der Waals surface area (Å²) in [5.41, 5.74) is 4.02. The minimum absolute atomic E-state index is 0.218. The molecule has 1 heterocycles. The van der Waals surface area contributed by atoms with Gasteiger partial charge in [-0.25, -0.2) is 10.4 Å². The smallest absolute Gasteiger partial charge is 0.252 e. The predicted octanol–water partition coefficient (Wildman–Crippen LogP) is 2.20. The second kappa shape index (κ2) is 7.04. The Balaban J connectivity index is 1.99. The normalized spacial score (nSPS) is 11.1. The number of rotatable bonds is 5. The van der Waals surface area contributed by atoms with Gasteiger partial charge >= 0.3 is 0 Å². The van der Waals surface area contributed by atoms with Gasteiger partial charge in [0.25, 0.3) is 5.56 Å². The fraction of sp³-hybridized carbons (Fsp3) is 0.133. The van der Waals surface area contributed by atoms with Crippen molar-refractivity contribution >= 4 is 18.2 Å². The fourth-order valence-corrected chi connectivity index (χ4v) is 1.72. The van der Waals surface area contributed by atoms with E-state index >= 15 is 0 Å². The lowest BCUT2D eigenvalue weighted by Gasteiger charge is -2.02. The molecule has 6 nitrogen and oxygen atoms in total. The molecule has 1 aromatic heterocycles.